The Morgan fingerprint density at radius 1 is 1.21 bits per heavy atom. The second kappa shape index (κ2) is 3.91. The lowest BCUT2D eigenvalue weighted by Crippen LogP contribution is -2.13. The molecule has 0 heterocycles. The van der Waals surface area contributed by atoms with Crippen molar-refractivity contribution in [2.24, 2.45) is 5.41 Å². The van der Waals surface area contributed by atoms with Crippen LogP contribution in [0.5, 0.6) is 11.5 Å². The Hall–Kier alpha value is -1.18. The van der Waals surface area contributed by atoms with Crippen LogP contribution < -0.4 is 0 Å². The van der Waals surface area contributed by atoms with E-state index in [-0.39, 0.29) is 16.9 Å². The number of hydrogen-bond acceptors (Lipinski definition) is 2. The average Bonchev–Trinajstić information content (AvgIpc) is 2.11. The molecule has 1 aromatic rings. The highest BCUT2D eigenvalue weighted by atomic mass is 16.3. The van der Waals surface area contributed by atoms with Gasteiger partial charge in [0.2, 0.25) is 0 Å². The fraction of sp³-hybridized carbons (Fsp3) is 0.500. The maximum atomic E-state index is 9.58. The van der Waals surface area contributed by atoms with Crippen molar-refractivity contribution in [3.8, 4) is 11.5 Å². The molecule has 1 aromatic carbocycles. The van der Waals surface area contributed by atoms with Gasteiger partial charge in [0.25, 0.3) is 0 Å². The maximum absolute atomic E-state index is 9.58. The third-order valence-electron chi connectivity index (χ3n) is 2.69. The fourth-order valence-electron chi connectivity index (χ4n) is 1.35. The van der Waals surface area contributed by atoms with Gasteiger partial charge in [0.15, 0.2) is 0 Å². The van der Waals surface area contributed by atoms with Crippen LogP contribution in [-0.2, 0) is 6.42 Å². The van der Waals surface area contributed by atoms with Crippen LogP contribution in [0.3, 0.4) is 0 Å². The van der Waals surface area contributed by atoms with E-state index >= 15 is 0 Å². The third-order valence-corrected chi connectivity index (χ3v) is 2.69. The van der Waals surface area contributed by atoms with Crippen molar-refractivity contribution in [1.82, 2.24) is 0 Å². The lowest BCUT2D eigenvalue weighted by molar-refractivity contribution is 0.340. The Morgan fingerprint density at radius 3 is 2.43 bits per heavy atom. The van der Waals surface area contributed by atoms with Crippen LogP contribution in [0, 0.1) is 5.41 Å². The number of benzene rings is 1. The van der Waals surface area contributed by atoms with E-state index in [9.17, 15) is 10.2 Å². The molecule has 0 bridgehead atoms. The third kappa shape index (κ3) is 2.66. The molecule has 0 aliphatic carbocycles. The molecule has 2 N–H and O–H groups in total. The zero-order valence-corrected chi connectivity index (χ0v) is 9.04. The summed E-state index contributed by atoms with van der Waals surface area (Å²) in [5.41, 5.74) is 0.975. The molecule has 0 radical (unpaired) electrons. The predicted molar refractivity (Wildman–Crippen MR) is 57.5 cm³/mol. The van der Waals surface area contributed by atoms with Gasteiger partial charge in [-0.3, -0.25) is 0 Å². The summed E-state index contributed by atoms with van der Waals surface area (Å²) in [7, 11) is 0. The van der Waals surface area contributed by atoms with Gasteiger partial charge in [-0.2, -0.15) is 0 Å². The van der Waals surface area contributed by atoms with Crippen LogP contribution >= 0.6 is 0 Å². The summed E-state index contributed by atoms with van der Waals surface area (Å²) in [5, 5.41) is 18.9. The Bertz CT molecular complexity index is 316. The van der Waals surface area contributed by atoms with Crippen molar-refractivity contribution in [3.63, 3.8) is 0 Å². The largest absolute Gasteiger partial charge is 0.508 e. The van der Waals surface area contributed by atoms with E-state index in [0.29, 0.717) is 0 Å². The lowest BCUT2D eigenvalue weighted by atomic mass is 9.83. The Labute approximate surface area is 85.2 Å². The molecule has 2 nitrogen and oxygen atoms in total. The molecule has 0 aromatic heterocycles. The first-order valence-corrected chi connectivity index (χ1v) is 4.95. The van der Waals surface area contributed by atoms with E-state index in [4.69, 9.17) is 0 Å². The van der Waals surface area contributed by atoms with Crippen molar-refractivity contribution in [1.29, 1.82) is 0 Å². The SMILES string of the molecule is CCC(C)(C)Cc1cc(O)ccc1O. The first kappa shape index (κ1) is 10.9. The second-order valence-electron chi connectivity index (χ2n) is 4.51. The van der Waals surface area contributed by atoms with Crippen LogP contribution in [0.1, 0.15) is 32.8 Å². The lowest BCUT2D eigenvalue weighted by Gasteiger charge is -2.23. The van der Waals surface area contributed by atoms with Gasteiger partial charge in [-0.15, -0.1) is 0 Å². The van der Waals surface area contributed by atoms with Gasteiger partial charge in [0.05, 0.1) is 0 Å². The Kier molecular flexibility index (Phi) is 3.04. The molecule has 0 unspecified atom stereocenters. The van der Waals surface area contributed by atoms with Crippen LogP contribution in [0.2, 0.25) is 0 Å². The molecular weight excluding hydrogens is 176 g/mol. The first-order chi connectivity index (χ1) is 6.44. The predicted octanol–water partition coefficient (Wildman–Crippen LogP) is 3.08. The van der Waals surface area contributed by atoms with Crippen molar-refractivity contribution >= 4 is 0 Å². The van der Waals surface area contributed by atoms with Gasteiger partial charge in [-0.25, -0.2) is 0 Å². The van der Waals surface area contributed by atoms with E-state index in [2.05, 4.69) is 20.8 Å². The highest BCUT2D eigenvalue weighted by Crippen LogP contribution is 2.31. The van der Waals surface area contributed by atoms with Crippen molar-refractivity contribution in [2.45, 2.75) is 33.6 Å². The maximum Gasteiger partial charge on any atom is 0.119 e. The van der Waals surface area contributed by atoms with Gasteiger partial charge >= 0.3 is 0 Å². The van der Waals surface area contributed by atoms with Crippen molar-refractivity contribution < 1.29 is 10.2 Å². The molecule has 0 spiro atoms. The summed E-state index contributed by atoms with van der Waals surface area (Å²) >= 11 is 0. The number of aromatic hydroxyl groups is 2. The zero-order valence-electron chi connectivity index (χ0n) is 9.04. The Balaban J connectivity index is 2.91. The van der Waals surface area contributed by atoms with Crippen molar-refractivity contribution in [3.05, 3.63) is 23.8 Å². The molecule has 0 aliphatic rings. The summed E-state index contributed by atoms with van der Waals surface area (Å²) in [6.07, 6.45) is 1.83. The second-order valence-corrected chi connectivity index (χ2v) is 4.51. The smallest absolute Gasteiger partial charge is 0.119 e. The highest BCUT2D eigenvalue weighted by molar-refractivity contribution is 5.39. The fourth-order valence-corrected chi connectivity index (χ4v) is 1.35. The molecular formula is C12H18O2. The van der Waals surface area contributed by atoms with Gasteiger partial charge in [-0.1, -0.05) is 27.2 Å². The molecule has 14 heavy (non-hydrogen) atoms. The molecule has 0 aliphatic heterocycles. The van der Waals surface area contributed by atoms with Gasteiger partial charge in [-0.05, 0) is 35.6 Å². The number of hydrogen-bond donors (Lipinski definition) is 2. The van der Waals surface area contributed by atoms with Crippen LogP contribution in [0.25, 0.3) is 0 Å². The highest BCUT2D eigenvalue weighted by Gasteiger charge is 2.17. The van der Waals surface area contributed by atoms with E-state index in [1.54, 1.807) is 6.07 Å². The van der Waals surface area contributed by atoms with Crippen LogP contribution in [0.15, 0.2) is 18.2 Å². The Morgan fingerprint density at radius 2 is 1.86 bits per heavy atom. The molecule has 78 valence electrons. The standard InChI is InChI=1S/C12H18O2/c1-4-12(2,3)8-9-7-10(13)5-6-11(9)14/h5-7,13-14H,4,8H2,1-3H3. The molecule has 0 fully saturated rings. The number of rotatable bonds is 3. The molecule has 2 heteroatoms. The minimum Gasteiger partial charge on any atom is -0.508 e. The van der Waals surface area contributed by atoms with Gasteiger partial charge in [0.1, 0.15) is 11.5 Å². The quantitative estimate of drug-likeness (QED) is 0.726. The summed E-state index contributed by atoms with van der Waals surface area (Å²) in [4.78, 5) is 0. The van der Waals surface area contributed by atoms with E-state index in [0.717, 1.165) is 18.4 Å². The summed E-state index contributed by atoms with van der Waals surface area (Å²) < 4.78 is 0. The van der Waals surface area contributed by atoms with Gasteiger partial charge < -0.3 is 10.2 Å². The van der Waals surface area contributed by atoms with E-state index in [1.807, 2.05) is 0 Å². The zero-order chi connectivity index (χ0) is 10.8. The number of phenolic OH excluding ortho intramolecular Hbond substituents is 2. The van der Waals surface area contributed by atoms with E-state index in [1.165, 1.54) is 12.1 Å². The summed E-state index contributed by atoms with van der Waals surface area (Å²) in [5.74, 6) is 0.481. The first-order valence-electron chi connectivity index (χ1n) is 4.95. The minimum absolute atomic E-state index is 0.158. The molecule has 0 amide bonds. The van der Waals surface area contributed by atoms with Crippen molar-refractivity contribution in [2.75, 3.05) is 0 Å². The van der Waals surface area contributed by atoms with Crippen LogP contribution in [-0.4, -0.2) is 10.2 Å². The molecule has 0 saturated heterocycles. The number of phenols is 2. The van der Waals surface area contributed by atoms with E-state index < -0.39 is 0 Å². The van der Waals surface area contributed by atoms with Crippen LogP contribution in [0.4, 0.5) is 0 Å². The average molecular weight is 194 g/mol. The summed E-state index contributed by atoms with van der Waals surface area (Å²) in [6.45, 7) is 6.42. The summed E-state index contributed by atoms with van der Waals surface area (Å²) in [6, 6.07) is 4.67. The molecule has 0 atom stereocenters. The molecule has 1 rings (SSSR count). The topological polar surface area (TPSA) is 40.5 Å². The monoisotopic (exact) mass is 194 g/mol. The molecule has 0 saturated carbocycles. The minimum atomic E-state index is 0.158. The normalized spacial score (nSPS) is 11.6. The van der Waals surface area contributed by atoms with Gasteiger partial charge in [0, 0.05) is 0 Å².